The molecular formula is C17H27N3O. The molecule has 2 rings (SSSR count). The van der Waals surface area contributed by atoms with Crippen LogP contribution in [-0.4, -0.2) is 50.6 Å². The van der Waals surface area contributed by atoms with Gasteiger partial charge in [0.05, 0.1) is 0 Å². The molecular weight excluding hydrogens is 262 g/mol. The van der Waals surface area contributed by atoms with Crippen LogP contribution in [-0.2, 0) is 0 Å². The smallest absolute Gasteiger partial charge is 0.253 e. The van der Waals surface area contributed by atoms with Crippen molar-refractivity contribution in [3.8, 4) is 0 Å². The van der Waals surface area contributed by atoms with Gasteiger partial charge < -0.3 is 15.1 Å². The van der Waals surface area contributed by atoms with E-state index in [1.54, 1.807) is 0 Å². The maximum atomic E-state index is 12.6. The Labute approximate surface area is 128 Å². The van der Waals surface area contributed by atoms with E-state index in [2.05, 4.69) is 19.2 Å². The third-order valence-corrected chi connectivity index (χ3v) is 3.93. The molecule has 1 N–H and O–H groups in total. The minimum atomic E-state index is 0.149. The van der Waals surface area contributed by atoms with Gasteiger partial charge in [0.2, 0.25) is 0 Å². The van der Waals surface area contributed by atoms with Gasteiger partial charge in [-0.1, -0.05) is 13.8 Å². The molecule has 1 saturated heterocycles. The van der Waals surface area contributed by atoms with Crippen LogP contribution in [0.2, 0.25) is 0 Å². The van der Waals surface area contributed by atoms with E-state index in [4.69, 9.17) is 0 Å². The molecule has 1 atom stereocenters. The van der Waals surface area contributed by atoms with E-state index in [9.17, 15) is 4.79 Å². The van der Waals surface area contributed by atoms with Crippen molar-refractivity contribution >= 4 is 11.6 Å². The van der Waals surface area contributed by atoms with Crippen LogP contribution in [0.4, 0.5) is 5.69 Å². The number of carbonyl (C=O) groups is 1. The van der Waals surface area contributed by atoms with Crippen LogP contribution in [0.15, 0.2) is 24.3 Å². The zero-order chi connectivity index (χ0) is 15.4. The Balaban J connectivity index is 2.01. The largest absolute Gasteiger partial charge is 0.378 e. The van der Waals surface area contributed by atoms with Crippen LogP contribution in [0.3, 0.4) is 0 Å². The van der Waals surface area contributed by atoms with Crippen molar-refractivity contribution in [3.63, 3.8) is 0 Å². The summed E-state index contributed by atoms with van der Waals surface area (Å²) in [4.78, 5) is 16.6. The van der Waals surface area contributed by atoms with E-state index in [1.165, 1.54) is 0 Å². The van der Waals surface area contributed by atoms with Gasteiger partial charge in [0, 0.05) is 51.0 Å². The first-order valence-corrected chi connectivity index (χ1v) is 7.77. The van der Waals surface area contributed by atoms with Crippen LogP contribution in [0.25, 0.3) is 0 Å². The third kappa shape index (κ3) is 4.21. The first-order valence-electron chi connectivity index (χ1n) is 7.77. The number of rotatable bonds is 4. The van der Waals surface area contributed by atoms with Crippen LogP contribution in [0.1, 0.15) is 30.6 Å². The van der Waals surface area contributed by atoms with E-state index >= 15 is 0 Å². The summed E-state index contributed by atoms with van der Waals surface area (Å²) < 4.78 is 0. The Morgan fingerprint density at radius 2 is 2.00 bits per heavy atom. The van der Waals surface area contributed by atoms with Gasteiger partial charge in [0.1, 0.15) is 0 Å². The average molecular weight is 289 g/mol. The van der Waals surface area contributed by atoms with Crippen molar-refractivity contribution in [2.45, 2.75) is 26.3 Å². The van der Waals surface area contributed by atoms with Gasteiger partial charge in [-0.25, -0.2) is 0 Å². The molecule has 1 fully saturated rings. The highest BCUT2D eigenvalue weighted by Crippen LogP contribution is 2.16. The molecule has 0 saturated carbocycles. The first-order chi connectivity index (χ1) is 9.97. The number of hydrogen-bond acceptors (Lipinski definition) is 3. The average Bonchev–Trinajstić information content (AvgIpc) is 2.46. The molecule has 21 heavy (non-hydrogen) atoms. The predicted octanol–water partition coefficient (Wildman–Crippen LogP) is 2.21. The van der Waals surface area contributed by atoms with Gasteiger partial charge in [0.15, 0.2) is 0 Å². The number of nitrogens with one attached hydrogen (secondary N) is 1. The van der Waals surface area contributed by atoms with Crippen LogP contribution >= 0.6 is 0 Å². The summed E-state index contributed by atoms with van der Waals surface area (Å²) >= 11 is 0. The second kappa shape index (κ2) is 6.94. The molecule has 1 aliphatic heterocycles. The molecule has 4 nitrogen and oxygen atoms in total. The number of anilines is 1. The fraction of sp³-hybridized carbons (Fsp3) is 0.588. The Morgan fingerprint density at radius 1 is 1.33 bits per heavy atom. The quantitative estimate of drug-likeness (QED) is 0.923. The number of benzene rings is 1. The predicted molar refractivity (Wildman–Crippen MR) is 87.9 cm³/mol. The lowest BCUT2D eigenvalue weighted by atomic mass is 10.0. The van der Waals surface area contributed by atoms with E-state index in [0.717, 1.165) is 37.3 Å². The van der Waals surface area contributed by atoms with E-state index < -0.39 is 0 Å². The molecule has 0 aliphatic carbocycles. The summed E-state index contributed by atoms with van der Waals surface area (Å²) in [6.07, 6.45) is 1.11. The number of hydrogen-bond donors (Lipinski definition) is 1. The van der Waals surface area contributed by atoms with Crippen LogP contribution in [0, 0.1) is 5.92 Å². The first kappa shape index (κ1) is 15.8. The number of amides is 1. The second-order valence-corrected chi connectivity index (χ2v) is 6.47. The Kier molecular flexibility index (Phi) is 5.23. The molecule has 0 bridgehead atoms. The fourth-order valence-corrected chi connectivity index (χ4v) is 2.82. The number of nitrogens with zero attached hydrogens (tertiary/aromatic N) is 2. The van der Waals surface area contributed by atoms with Gasteiger partial charge in [-0.2, -0.15) is 0 Å². The summed E-state index contributed by atoms with van der Waals surface area (Å²) in [6.45, 7) is 6.94. The van der Waals surface area contributed by atoms with Crippen molar-refractivity contribution in [2.75, 3.05) is 38.6 Å². The molecule has 1 aliphatic rings. The van der Waals surface area contributed by atoms with E-state index in [-0.39, 0.29) is 5.91 Å². The lowest BCUT2D eigenvalue weighted by Crippen LogP contribution is -2.52. The molecule has 1 unspecified atom stereocenters. The lowest BCUT2D eigenvalue weighted by molar-refractivity contribution is 0.0694. The maximum Gasteiger partial charge on any atom is 0.253 e. The van der Waals surface area contributed by atoms with Crippen LogP contribution < -0.4 is 10.2 Å². The molecule has 1 aromatic carbocycles. The second-order valence-electron chi connectivity index (χ2n) is 6.47. The Morgan fingerprint density at radius 3 is 2.57 bits per heavy atom. The maximum absolute atomic E-state index is 12.6. The van der Waals surface area contributed by atoms with Crippen molar-refractivity contribution < 1.29 is 4.79 Å². The molecule has 116 valence electrons. The summed E-state index contributed by atoms with van der Waals surface area (Å²) in [5, 5.41) is 3.51. The van der Waals surface area contributed by atoms with Gasteiger partial charge in [-0.05, 0) is 36.6 Å². The molecule has 0 spiro atoms. The Bertz CT molecular complexity index is 467. The van der Waals surface area contributed by atoms with Gasteiger partial charge in [-0.15, -0.1) is 0 Å². The molecule has 0 radical (unpaired) electrons. The van der Waals surface area contributed by atoms with Gasteiger partial charge >= 0.3 is 0 Å². The summed E-state index contributed by atoms with van der Waals surface area (Å²) in [5.74, 6) is 0.799. The molecule has 1 amide bonds. The summed E-state index contributed by atoms with van der Waals surface area (Å²) in [5.41, 5.74) is 1.90. The third-order valence-electron chi connectivity index (χ3n) is 3.93. The fourth-order valence-electron chi connectivity index (χ4n) is 2.82. The Hall–Kier alpha value is -1.55. The zero-order valence-electron chi connectivity index (χ0n) is 13.6. The minimum Gasteiger partial charge on any atom is -0.378 e. The minimum absolute atomic E-state index is 0.149. The SMILES string of the molecule is CC(C)CC1CN(C(=O)c2ccc(N(C)C)cc2)CCN1. The van der Waals surface area contributed by atoms with Gasteiger partial charge in [0.25, 0.3) is 5.91 Å². The zero-order valence-corrected chi connectivity index (χ0v) is 13.6. The van der Waals surface area contributed by atoms with E-state index in [0.29, 0.717) is 12.0 Å². The number of carbonyl (C=O) groups excluding carboxylic acids is 1. The summed E-state index contributed by atoms with van der Waals surface area (Å²) in [7, 11) is 4.01. The van der Waals surface area contributed by atoms with Crippen molar-refractivity contribution in [3.05, 3.63) is 29.8 Å². The van der Waals surface area contributed by atoms with Gasteiger partial charge in [-0.3, -0.25) is 4.79 Å². The normalized spacial score (nSPS) is 18.9. The molecule has 0 aromatic heterocycles. The highest BCUT2D eigenvalue weighted by atomic mass is 16.2. The van der Waals surface area contributed by atoms with Crippen molar-refractivity contribution in [1.82, 2.24) is 10.2 Å². The lowest BCUT2D eigenvalue weighted by Gasteiger charge is -2.34. The molecule has 4 heteroatoms. The van der Waals surface area contributed by atoms with Crippen molar-refractivity contribution in [2.24, 2.45) is 5.92 Å². The highest BCUT2D eigenvalue weighted by molar-refractivity contribution is 5.94. The van der Waals surface area contributed by atoms with Crippen molar-refractivity contribution in [1.29, 1.82) is 0 Å². The van der Waals surface area contributed by atoms with E-state index in [1.807, 2.05) is 48.2 Å². The summed E-state index contributed by atoms with van der Waals surface area (Å²) in [6, 6.07) is 8.28. The standard InChI is InChI=1S/C17H27N3O/c1-13(2)11-15-12-20(10-9-18-15)17(21)14-5-7-16(8-6-14)19(3)4/h5-8,13,15,18H,9-12H2,1-4H3. The monoisotopic (exact) mass is 289 g/mol. The molecule has 1 heterocycles. The molecule has 1 aromatic rings. The van der Waals surface area contributed by atoms with Crippen LogP contribution in [0.5, 0.6) is 0 Å². The topological polar surface area (TPSA) is 35.6 Å². The highest BCUT2D eigenvalue weighted by Gasteiger charge is 2.24. The number of piperazine rings is 1.